The highest BCUT2D eigenvalue weighted by atomic mass is 32.2. The number of urea groups is 1. The minimum atomic E-state index is -0.632. The number of nitrogens with one attached hydrogen (secondary N) is 2. The molecule has 0 saturated carbocycles. The number of aliphatic hydroxyl groups is 1. The van der Waals surface area contributed by atoms with Crippen LogP contribution in [-0.4, -0.2) is 29.0 Å². The van der Waals surface area contributed by atoms with Crippen molar-refractivity contribution in [3.05, 3.63) is 29.6 Å². The lowest BCUT2D eigenvalue weighted by atomic mass is 9.97. The average Bonchev–Trinajstić information content (AvgIpc) is 2.48. The Bertz CT molecular complexity index is 541. The van der Waals surface area contributed by atoms with Crippen LogP contribution in [0.15, 0.2) is 23.1 Å². The summed E-state index contributed by atoms with van der Waals surface area (Å²) in [7, 11) is 0. The van der Waals surface area contributed by atoms with Crippen LogP contribution in [0.5, 0.6) is 0 Å². The Morgan fingerprint density at radius 1 is 1.55 bits per heavy atom. The van der Waals surface area contributed by atoms with E-state index in [4.69, 9.17) is 0 Å². The summed E-state index contributed by atoms with van der Waals surface area (Å²) >= 11 is 1.68. The molecular formula is C16H23FN2O2S. The fraction of sp³-hybridized carbons (Fsp3) is 0.562. The summed E-state index contributed by atoms with van der Waals surface area (Å²) in [6, 6.07) is 4.17. The molecule has 3 N–H and O–H groups in total. The van der Waals surface area contributed by atoms with E-state index in [0.717, 1.165) is 29.1 Å². The van der Waals surface area contributed by atoms with Gasteiger partial charge in [-0.3, -0.25) is 0 Å². The van der Waals surface area contributed by atoms with E-state index in [1.165, 1.54) is 12.1 Å². The SMILES string of the molecule is CCCC(C)(CO)NC(=O)NC1CCSc2ccc(F)cc21. The number of hydrogen-bond acceptors (Lipinski definition) is 3. The fourth-order valence-electron chi connectivity index (χ4n) is 2.72. The molecular weight excluding hydrogens is 303 g/mol. The van der Waals surface area contributed by atoms with E-state index in [1.807, 2.05) is 13.8 Å². The highest BCUT2D eigenvalue weighted by Gasteiger charge is 2.27. The van der Waals surface area contributed by atoms with Gasteiger partial charge < -0.3 is 15.7 Å². The molecule has 1 aromatic rings. The Morgan fingerprint density at radius 2 is 2.32 bits per heavy atom. The lowest BCUT2D eigenvalue weighted by Crippen LogP contribution is -2.53. The van der Waals surface area contributed by atoms with Gasteiger partial charge in [-0.15, -0.1) is 11.8 Å². The molecule has 0 fully saturated rings. The molecule has 2 amide bonds. The first-order chi connectivity index (χ1) is 10.5. The molecule has 122 valence electrons. The Morgan fingerprint density at radius 3 is 3.00 bits per heavy atom. The minimum absolute atomic E-state index is 0.111. The molecule has 0 radical (unpaired) electrons. The number of thioether (sulfide) groups is 1. The number of halogens is 1. The van der Waals surface area contributed by atoms with E-state index < -0.39 is 5.54 Å². The standard InChI is InChI=1S/C16H23FN2O2S/c1-3-7-16(2,10-20)19-15(21)18-13-6-8-22-14-5-4-11(17)9-12(13)14/h4-5,9,13,20H,3,6-8,10H2,1-2H3,(H2,18,19,21). The molecule has 6 heteroatoms. The van der Waals surface area contributed by atoms with Gasteiger partial charge in [0.1, 0.15) is 5.82 Å². The zero-order valence-electron chi connectivity index (χ0n) is 13.0. The zero-order valence-corrected chi connectivity index (χ0v) is 13.8. The summed E-state index contributed by atoms with van der Waals surface area (Å²) in [5, 5.41) is 15.2. The molecule has 2 atom stereocenters. The Labute approximate surface area is 134 Å². The third-order valence-electron chi connectivity index (χ3n) is 3.88. The number of fused-ring (bicyclic) bond motifs is 1. The van der Waals surface area contributed by atoms with Gasteiger partial charge in [0.05, 0.1) is 18.2 Å². The number of benzene rings is 1. The summed E-state index contributed by atoms with van der Waals surface area (Å²) in [4.78, 5) is 13.2. The molecule has 4 nitrogen and oxygen atoms in total. The van der Waals surface area contributed by atoms with Crippen molar-refractivity contribution >= 4 is 17.8 Å². The number of aliphatic hydroxyl groups excluding tert-OH is 1. The van der Waals surface area contributed by atoms with Crippen molar-refractivity contribution in [2.45, 2.75) is 49.6 Å². The van der Waals surface area contributed by atoms with Crippen molar-refractivity contribution in [1.82, 2.24) is 10.6 Å². The first kappa shape index (κ1) is 17.1. The van der Waals surface area contributed by atoms with Crippen molar-refractivity contribution in [1.29, 1.82) is 0 Å². The first-order valence-corrected chi connectivity index (χ1v) is 8.58. The molecule has 1 aliphatic rings. The lowest BCUT2D eigenvalue weighted by Gasteiger charge is -2.31. The van der Waals surface area contributed by atoms with Gasteiger partial charge in [-0.1, -0.05) is 13.3 Å². The van der Waals surface area contributed by atoms with Crippen LogP contribution in [-0.2, 0) is 0 Å². The molecule has 22 heavy (non-hydrogen) atoms. The second kappa shape index (κ2) is 7.33. The smallest absolute Gasteiger partial charge is 0.315 e. The Hall–Kier alpha value is -1.27. The Kier molecular flexibility index (Phi) is 5.69. The van der Waals surface area contributed by atoms with E-state index in [9.17, 15) is 14.3 Å². The third kappa shape index (κ3) is 4.14. The van der Waals surface area contributed by atoms with Crippen LogP contribution in [0.2, 0.25) is 0 Å². The van der Waals surface area contributed by atoms with Crippen LogP contribution in [0.4, 0.5) is 9.18 Å². The number of carbonyl (C=O) groups excluding carboxylic acids is 1. The van der Waals surface area contributed by atoms with Crippen LogP contribution in [0, 0.1) is 5.82 Å². The summed E-state index contributed by atoms with van der Waals surface area (Å²) in [6.07, 6.45) is 2.33. The molecule has 0 spiro atoms. The van der Waals surface area contributed by atoms with Crippen molar-refractivity contribution in [2.75, 3.05) is 12.4 Å². The summed E-state index contributed by atoms with van der Waals surface area (Å²) in [5.74, 6) is 0.593. The van der Waals surface area contributed by atoms with Crippen molar-refractivity contribution in [2.24, 2.45) is 0 Å². The summed E-state index contributed by atoms with van der Waals surface area (Å²) in [5.41, 5.74) is 0.195. The van der Waals surface area contributed by atoms with E-state index in [2.05, 4.69) is 10.6 Å². The van der Waals surface area contributed by atoms with Crippen LogP contribution >= 0.6 is 11.8 Å². The topological polar surface area (TPSA) is 61.4 Å². The highest BCUT2D eigenvalue weighted by molar-refractivity contribution is 7.99. The maximum Gasteiger partial charge on any atom is 0.315 e. The van der Waals surface area contributed by atoms with Crippen molar-refractivity contribution in [3.63, 3.8) is 0 Å². The maximum absolute atomic E-state index is 13.5. The largest absolute Gasteiger partial charge is 0.394 e. The highest BCUT2D eigenvalue weighted by Crippen LogP contribution is 2.36. The molecule has 2 rings (SSSR count). The second-order valence-electron chi connectivity index (χ2n) is 5.94. The molecule has 0 bridgehead atoms. The number of amides is 2. The van der Waals surface area contributed by atoms with Gasteiger partial charge in [0, 0.05) is 10.6 Å². The number of hydrogen-bond donors (Lipinski definition) is 3. The minimum Gasteiger partial charge on any atom is -0.394 e. The quantitative estimate of drug-likeness (QED) is 0.778. The third-order valence-corrected chi connectivity index (χ3v) is 5.01. The van der Waals surface area contributed by atoms with Gasteiger partial charge in [0.25, 0.3) is 0 Å². The van der Waals surface area contributed by atoms with E-state index in [1.54, 1.807) is 17.8 Å². The van der Waals surface area contributed by atoms with Gasteiger partial charge in [-0.25, -0.2) is 9.18 Å². The fourth-order valence-corrected chi connectivity index (χ4v) is 3.82. The van der Waals surface area contributed by atoms with Crippen molar-refractivity contribution < 1.29 is 14.3 Å². The van der Waals surface area contributed by atoms with Gasteiger partial charge in [0.15, 0.2) is 0 Å². The van der Waals surface area contributed by atoms with Crippen LogP contribution in [0.3, 0.4) is 0 Å². The average molecular weight is 326 g/mol. The maximum atomic E-state index is 13.5. The molecule has 0 aliphatic carbocycles. The van der Waals surface area contributed by atoms with E-state index in [-0.39, 0.29) is 24.5 Å². The molecule has 1 heterocycles. The molecule has 1 aliphatic heterocycles. The molecule has 2 unspecified atom stereocenters. The first-order valence-electron chi connectivity index (χ1n) is 7.59. The second-order valence-corrected chi connectivity index (χ2v) is 7.08. The number of carbonyl (C=O) groups is 1. The van der Waals surface area contributed by atoms with Gasteiger partial charge in [0.2, 0.25) is 0 Å². The van der Waals surface area contributed by atoms with Gasteiger partial charge >= 0.3 is 6.03 Å². The van der Waals surface area contributed by atoms with Crippen LogP contribution in [0.1, 0.15) is 44.7 Å². The molecule has 0 saturated heterocycles. The summed E-state index contributed by atoms with van der Waals surface area (Å²) in [6.45, 7) is 3.71. The van der Waals surface area contributed by atoms with E-state index >= 15 is 0 Å². The Balaban J connectivity index is 2.06. The predicted octanol–water partition coefficient (Wildman–Crippen LogP) is 3.21. The van der Waals surface area contributed by atoms with Gasteiger partial charge in [-0.2, -0.15) is 0 Å². The molecule has 0 aromatic heterocycles. The lowest BCUT2D eigenvalue weighted by molar-refractivity contribution is 0.162. The zero-order chi connectivity index (χ0) is 16.2. The van der Waals surface area contributed by atoms with Crippen LogP contribution < -0.4 is 10.6 Å². The van der Waals surface area contributed by atoms with Crippen LogP contribution in [0.25, 0.3) is 0 Å². The number of rotatable bonds is 5. The molecule has 1 aromatic carbocycles. The summed E-state index contributed by atoms with van der Waals surface area (Å²) < 4.78 is 13.5. The van der Waals surface area contributed by atoms with E-state index in [0.29, 0.717) is 6.42 Å². The predicted molar refractivity (Wildman–Crippen MR) is 86.5 cm³/mol. The van der Waals surface area contributed by atoms with Crippen molar-refractivity contribution in [3.8, 4) is 0 Å². The van der Waals surface area contributed by atoms with Gasteiger partial charge in [-0.05, 0) is 43.5 Å². The normalized spacial score (nSPS) is 19.9. The monoisotopic (exact) mass is 326 g/mol.